The molecule has 1 aliphatic rings. The van der Waals surface area contributed by atoms with Crippen LogP contribution in [0.1, 0.15) is 81.8 Å². The molecule has 2 heterocycles. The maximum Gasteiger partial charge on any atom is 0.315 e. The van der Waals surface area contributed by atoms with E-state index in [0.717, 1.165) is 42.6 Å². The van der Waals surface area contributed by atoms with Crippen LogP contribution in [0.2, 0.25) is 0 Å². The minimum atomic E-state index is -0.618. The summed E-state index contributed by atoms with van der Waals surface area (Å²) in [5.41, 5.74) is 7.73. The average Bonchev–Trinajstić information content (AvgIpc) is 3.28. The molecule has 1 aliphatic heterocycles. The van der Waals surface area contributed by atoms with Crippen LogP contribution in [-0.2, 0) is 23.7 Å². The van der Waals surface area contributed by atoms with Crippen molar-refractivity contribution in [1.29, 1.82) is 5.26 Å². The number of benzene rings is 2. The first-order valence-electron chi connectivity index (χ1n) is 14.5. The van der Waals surface area contributed by atoms with Crippen LogP contribution in [-0.4, -0.2) is 50.4 Å². The summed E-state index contributed by atoms with van der Waals surface area (Å²) in [5, 5.41) is 9.95. The molecule has 1 aromatic heterocycles. The number of carbonyl (C=O) groups excluding carboxylic acids is 2. The number of ether oxygens (including phenoxy) is 1. The van der Waals surface area contributed by atoms with E-state index in [1.807, 2.05) is 80.7 Å². The Bertz CT molecular complexity index is 1480. The number of primary amides is 1. The SMILES string of the molecule is CC[C@@]1(c2cccc(Oc3cc(C(Cc4cncn4C)N(C(N)=O)C(C)(C)C)ccc3C#N)c2)CCCCN(C)C1=O. The molecule has 0 radical (unpaired) electrons. The normalized spacial score (nSPS) is 18.2. The van der Waals surface area contributed by atoms with Crippen LogP contribution in [0.15, 0.2) is 55.0 Å². The molecule has 2 N–H and O–H groups in total. The molecule has 3 aromatic rings. The van der Waals surface area contributed by atoms with E-state index in [1.165, 1.54) is 0 Å². The van der Waals surface area contributed by atoms with Crippen LogP contribution in [0.3, 0.4) is 0 Å². The largest absolute Gasteiger partial charge is 0.456 e. The highest BCUT2D eigenvalue weighted by atomic mass is 16.5. The van der Waals surface area contributed by atoms with E-state index < -0.39 is 23.0 Å². The number of rotatable bonds is 8. The van der Waals surface area contributed by atoms with Gasteiger partial charge in [-0.05, 0) is 75.4 Å². The maximum atomic E-state index is 13.5. The number of nitrogens with two attached hydrogens (primary N) is 1. The molecule has 1 unspecified atom stereocenters. The molecule has 1 fully saturated rings. The van der Waals surface area contributed by atoms with E-state index in [0.29, 0.717) is 29.9 Å². The molecule has 4 rings (SSSR count). The number of likely N-dealkylation sites (N-methyl/N-ethyl adjacent to an activating group) is 1. The van der Waals surface area contributed by atoms with Crippen LogP contribution in [0.4, 0.5) is 4.79 Å². The van der Waals surface area contributed by atoms with Crippen molar-refractivity contribution in [2.75, 3.05) is 13.6 Å². The highest BCUT2D eigenvalue weighted by molar-refractivity contribution is 5.88. The monoisotopic (exact) mass is 570 g/mol. The van der Waals surface area contributed by atoms with Crippen molar-refractivity contribution in [2.45, 2.75) is 76.8 Å². The zero-order valence-corrected chi connectivity index (χ0v) is 25.6. The first-order chi connectivity index (χ1) is 19.9. The summed E-state index contributed by atoms with van der Waals surface area (Å²) in [6, 6.07) is 14.3. The molecule has 3 amide bonds. The fourth-order valence-electron chi connectivity index (χ4n) is 6.15. The molecule has 1 saturated heterocycles. The van der Waals surface area contributed by atoms with E-state index in [1.54, 1.807) is 23.5 Å². The maximum absolute atomic E-state index is 13.5. The van der Waals surface area contributed by atoms with Crippen LogP contribution in [0, 0.1) is 11.3 Å². The summed E-state index contributed by atoms with van der Waals surface area (Å²) in [5.74, 6) is 1.04. The average molecular weight is 571 g/mol. The van der Waals surface area contributed by atoms with Gasteiger partial charge in [0.25, 0.3) is 0 Å². The molecule has 0 aliphatic carbocycles. The fourth-order valence-corrected chi connectivity index (χ4v) is 6.15. The standard InChI is InChI=1S/C33H42N6O3/c1-7-33(15-8-9-16-37(5)30(33)40)25-11-10-12-27(18-25)42-29-17-23(13-14-24(29)20-34)28(19-26-21-36-22-38(26)6)39(31(35)41)32(2,3)4/h10-14,17-18,21-22,28H,7-9,15-16,19H2,1-6H3,(H2,35,41)/t28?,33-/m0/s1. The number of aromatic nitrogens is 2. The summed E-state index contributed by atoms with van der Waals surface area (Å²) in [6.07, 6.45) is 7.37. The second-order valence-electron chi connectivity index (χ2n) is 12.2. The van der Waals surface area contributed by atoms with Gasteiger partial charge in [-0.3, -0.25) is 4.79 Å². The molecular weight excluding hydrogens is 528 g/mol. The van der Waals surface area contributed by atoms with Crippen molar-refractivity contribution in [2.24, 2.45) is 12.8 Å². The van der Waals surface area contributed by atoms with Crippen LogP contribution in [0.25, 0.3) is 0 Å². The third-order valence-electron chi connectivity index (χ3n) is 8.42. The highest BCUT2D eigenvalue weighted by Crippen LogP contribution is 2.40. The molecule has 0 saturated carbocycles. The van der Waals surface area contributed by atoms with E-state index in [-0.39, 0.29) is 5.91 Å². The molecule has 0 bridgehead atoms. The van der Waals surface area contributed by atoms with Crippen LogP contribution >= 0.6 is 0 Å². The Balaban J connectivity index is 1.76. The summed E-state index contributed by atoms with van der Waals surface area (Å²) >= 11 is 0. The smallest absolute Gasteiger partial charge is 0.315 e. The fraction of sp³-hybridized carbons (Fsp3) is 0.455. The number of aryl methyl sites for hydroxylation is 1. The number of hydrogen-bond donors (Lipinski definition) is 1. The molecule has 9 heteroatoms. The molecule has 222 valence electrons. The molecule has 0 spiro atoms. The number of carbonyl (C=O) groups is 2. The lowest BCUT2D eigenvalue weighted by molar-refractivity contribution is -0.135. The zero-order chi connectivity index (χ0) is 30.7. The second kappa shape index (κ2) is 12.3. The van der Waals surface area contributed by atoms with Crippen molar-refractivity contribution in [3.05, 3.63) is 77.4 Å². The number of imidazole rings is 1. The van der Waals surface area contributed by atoms with Gasteiger partial charge in [-0.15, -0.1) is 0 Å². The van der Waals surface area contributed by atoms with E-state index >= 15 is 0 Å². The Kier molecular flexibility index (Phi) is 8.95. The number of nitrogens with zero attached hydrogens (tertiary/aromatic N) is 5. The van der Waals surface area contributed by atoms with E-state index in [4.69, 9.17) is 10.5 Å². The van der Waals surface area contributed by atoms with Crippen LogP contribution in [0.5, 0.6) is 11.5 Å². The second-order valence-corrected chi connectivity index (χ2v) is 12.2. The van der Waals surface area contributed by atoms with Crippen molar-refractivity contribution in [3.8, 4) is 17.6 Å². The summed E-state index contributed by atoms with van der Waals surface area (Å²) in [7, 11) is 3.78. The van der Waals surface area contributed by atoms with Crippen molar-refractivity contribution < 1.29 is 14.3 Å². The highest BCUT2D eigenvalue weighted by Gasteiger charge is 2.41. The molecular formula is C33H42N6O3. The lowest BCUT2D eigenvalue weighted by Gasteiger charge is -2.41. The van der Waals surface area contributed by atoms with Gasteiger partial charge in [-0.2, -0.15) is 5.26 Å². The lowest BCUT2D eigenvalue weighted by atomic mass is 9.73. The summed E-state index contributed by atoms with van der Waals surface area (Å²) in [6.45, 7) is 8.64. The van der Waals surface area contributed by atoms with Gasteiger partial charge in [0, 0.05) is 44.5 Å². The minimum Gasteiger partial charge on any atom is -0.456 e. The zero-order valence-electron chi connectivity index (χ0n) is 25.6. The lowest BCUT2D eigenvalue weighted by Crippen LogP contribution is -2.51. The first-order valence-corrected chi connectivity index (χ1v) is 14.5. The number of urea groups is 1. The topological polar surface area (TPSA) is 117 Å². The predicted octanol–water partition coefficient (Wildman–Crippen LogP) is 5.84. The number of nitriles is 1. The van der Waals surface area contributed by atoms with E-state index in [9.17, 15) is 14.9 Å². The van der Waals surface area contributed by atoms with Gasteiger partial charge in [-0.25, -0.2) is 9.78 Å². The van der Waals surface area contributed by atoms with Crippen molar-refractivity contribution in [1.82, 2.24) is 19.4 Å². The van der Waals surface area contributed by atoms with Gasteiger partial charge in [0.15, 0.2) is 0 Å². The number of amides is 3. The molecule has 2 aromatic carbocycles. The van der Waals surface area contributed by atoms with Crippen LogP contribution < -0.4 is 10.5 Å². The third kappa shape index (κ3) is 6.13. The van der Waals surface area contributed by atoms with Gasteiger partial charge in [0.2, 0.25) is 5.91 Å². The van der Waals surface area contributed by atoms with Gasteiger partial charge < -0.3 is 24.8 Å². The molecule has 2 atom stereocenters. The Morgan fingerprint density at radius 2 is 1.98 bits per heavy atom. The van der Waals surface area contributed by atoms with Gasteiger partial charge >= 0.3 is 6.03 Å². The first kappa shape index (κ1) is 30.6. The number of hydrogen-bond acceptors (Lipinski definition) is 5. The van der Waals surface area contributed by atoms with Gasteiger partial charge in [0.1, 0.15) is 17.6 Å². The van der Waals surface area contributed by atoms with E-state index in [2.05, 4.69) is 18.0 Å². The van der Waals surface area contributed by atoms with Gasteiger partial charge in [-0.1, -0.05) is 31.5 Å². The van der Waals surface area contributed by atoms with Crippen molar-refractivity contribution in [3.63, 3.8) is 0 Å². The Morgan fingerprint density at radius 1 is 1.21 bits per heavy atom. The quantitative estimate of drug-likeness (QED) is 0.365. The summed E-state index contributed by atoms with van der Waals surface area (Å²) < 4.78 is 8.30. The molecule has 42 heavy (non-hydrogen) atoms. The Morgan fingerprint density at radius 3 is 2.60 bits per heavy atom. The molecule has 9 nitrogen and oxygen atoms in total. The third-order valence-corrected chi connectivity index (χ3v) is 8.42. The number of likely N-dealkylation sites (tertiary alicyclic amines) is 1. The van der Waals surface area contributed by atoms with Gasteiger partial charge in [0.05, 0.1) is 23.3 Å². The Labute approximate surface area is 248 Å². The Hall–Kier alpha value is -4.32. The minimum absolute atomic E-state index is 0.131. The summed E-state index contributed by atoms with van der Waals surface area (Å²) in [4.78, 5) is 34.1. The van der Waals surface area contributed by atoms with Crippen molar-refractivity contribution >= 4 is 11.9 Å². The predicted molar refractivity (Wildman–Crippen MR) is 162 cm³/mol.